The predicted molar refractivity (Wildman–Crippen MR) is 324 cm³/mol. The summed E-state index contributed by atoms with van der Waals surface area (Å²) in [6.45, 7) is 28.1. The van der Waals surface area contributed by atoms with Crippen molar-refractivity contribution in [3.63, 3.8) is 0 Å². The molecule has 0 fully saturated rings. The molecular formula is C70H65BN4. The molecule has 0 aliphatic carbocycles. The Morgan fingerprint density at radius 3 is 1.19 bits per heavy atom. The van der Waals surface area contributed by atoms with Crippen LogP contribution in [0.2, 0.25) is 0 Å². The number of hydrogen-bond donors (Lipinski definition) is 0. The van der Waals surface area contributed by atoms with E-state index in [0.717, 1.165) is 44.9 Å². The van der Waals surface area contributed by atoms with Crippen molar-refractivity contribution in [3.05, 3.63) is 198 Å². The second-order valence-corrected chi connectivity index (χ2v) is 25.6. The van der Waals surface area contributed by atoms with Gasteiger partial charge in [0.05, 0.1) is 11.2 Å². The van der Waals surface area contributed by atoms with Gasteiger partial charge in [0.15, 0.2) is 0 Å². The average Bonchev–Trinajstić information content (AvgIpc) is 3.38. The summed E-state index contributed by atoms with van der Waals surface area (Å²) >= 11 is 0. The van der Waals surface area contributed by atoms with Crippen LogP contribution in [0.1, 0.15) is 105 Å². The fourth-order valence-electron chi connectivity index (χ4n) is 12.1. The van der Waals surface area contributed by atoms with Crippen molar-refractivity contribution in [2.75, 3.05) is 9.80 Å². The minimum Gasteiger partial charge on any atom is -0.311 e. The van der Waals surface area contributed by atoms with Gasteiger partial charge in [0.25, 0.3) is 6.71 Å². The molecule has 0 amide bonds. The molecule has 10 aromatic carbocycles. The SMILES string of the molecule is CC(C)(C)c1cc(N2c3cc4c(ccc5ccccc54)cc3B3c4cc5ccc6ccccc6c5cc4N(c4cc(C(C)(C)C)cc(C(C)(C)C)c4)c4cc(-c5ncnc6ccccc56)cc2c43)cc(C(C)(C)C)c1. The monoisotopic (exact) mass is 973 g/mol. The van der Waals surface area contributed by atoms with Gasteiger partial charge in [0, 0.05) is 45.1 Å². The van der Waals surface area contributed by atoms with Gasteiger partial charge < -0.3 is 9.80 Å². The van der Waals surface area contributed by atoms with E-state index in [4.69, 9.17) is 9.97 Å². The number of aromatic nitrogens is 2. The number of para-hydroxylation sites is 1. The zero-order valence-corrected chi connectivity index (χ0v) is 45.6. The van der Waals surface area contributed by atoms with Gasteiger partial charge in [-0.3, -0.25) is 0 Å². The highest BCUT2D eigenvalue weighted by Crippen LogP contribution is 2.50. The van der Waals surface area contributed by atoms with Crippen LogP contribution in [-0.2, 0) is 21.7 Å². The summed E-state index contributed by atoms with van der Waals surface area (Å²) in [6.07, 6.45) is 1.74. The molecule has 0 radical (unpaired) electrons. The van der Waals surface area contributed by atoms with E-state index in [-0.39, 0.29) is 28.4 Å². The second-order valence-electron chi connectivity index (χ2n) is 25.6. The van der Waals surface area contributed by atoms with Gasteiger partial charge in [0.1, 0.15) is 6.33 Å². The molecule has 0 bridgehead atoms. The normalized spacial score (nSPS) is 13.8. The Bertz CT molecular complexity index is 3900. The number of benzene rings is 10. The predicted octanol–water partition coefficient (Wildman–Crippen LogP) is 17.2. The van der Waals surface area contributed by atoms with Crippen molar-refractivity contribution >= 4 is 111 Å². The Morgan fingerprint density at radius 2 is 0.747 bits per heavy atom. The first-order chi connectivity index (χ1) is 35.7. The highest BCUT2D eigenvalue weighted by Gasteiger charge is 2.45. The number of hydrogen-bond acceptors (Lipinski definition) is 4. The third-order valence-corrected chi connectivity index (χ3v) is 16.4. The van der Waals surface area contributed by atoms with Crippen LogP contribution in [0.25, 0.3) is 65.3 Å². The summed E-state index contributed by atoms with van der Waals surface area (Å²) in [7, 11) is 0. The van der Waals surface area contributed by atoms with Crippen LogP contribution in [0.5, 0.6) is 0 Å². The lowest BCUT2D eigenvalue weighted by Gasteiger charge is -2.45. The Labute approximate surface area is 443 Å². The molecule has 13 rings (SSSR count). The number of rotatable bonds is 3. The third kappa shape index (κ3) is 7.63. The number of fused-ring (bicyclic) bond motifs is 11. The molecule has 4 nitrogen and oxygen atoms in total. The summed E-state index contributed by atoms with van der Waals surface area (Å²) in [5.41, 5.74) is 18.6. The zero-order chi connectivity index (χ0) is 52.1. The molecule has 2 aliphatic heterocycles. The maximum absolute atomic E-state index is 5.21. The van der Waals surface area contributed by atoms with E-state index < -0.39 is 0 Å². The van der Waals surface area contributed by atoms with Gasteiger partial charge >= 0.3 is 0 Å². The van der Waals surface area contributed by atoms with E-state index in [9.17, 15) is 0 Å². The van der Waals surface area contributed by atoms with Gasteiger partial charge in [0.2, 0.25) is 0 Å². The fraction of sp³-hybridized carbons (Fsp3) is 0.229. The Morgan fingerprint density at radius 1 is 0.347 bits per heavy atom. The first-order valence-electron chi connectivity index (χ1n) is 26.9. The summed E-state index contributed by atoms with van der Waals surface area (Å²) < 4.78 is 0. The molecule has 0 unspecified atom stereocenters. The van der Waals surface area contributed by atoms with Crippen LogP contribution in [0.15, 0.2) is 176 Å². The van der Waals surface area contributed by atoms with Gasteiger partial charge in [-0.2, -0.15) is 0 Å². The average molecular weight is 973 g/mol. The number of nitrogens with zero attached hydrogens (tertiary/aromatic N) is 4. The van der Waals surface area contributed by atoms with Crippen LogP contribution in [0.3, 0.4) is 0 Å². The standard InChI is InChI=1S/C70H65BN4/c1-67(2,3)47-33-48(68(4,5)6)36-51(35-47)74-61-39-56-44(27-25-42-19-13-15-21-53(42)56)29-58(61)71-59-30-45-28-26-43-20-14-16-22-54(43)57(45)40-62(59)75(52-37-49(69(7,8)9)34-50(38-52)70(10,11)12)64-32-46(31-63(74)65(64)71)66-55-23-17-18-24-60(55)72-41-73-66/h13-41H,1-12H3. The molecule has 75 heavy (non-hydrogen) atoms. The van der Waals surface area contributed by atoms with E-state index in [1.165, 1.54) is 93.1 Å². The molecule has 368 valence electrons. The minimum absolute atomic E-state index is 0.109. The van der Waals surface area contributed by atoms with E-state index >= 15 is 0 Å². The highest BCUT2D eigenvalue weighted by atomic mass is 15.2. The molecule has 0 spiro atoms. The van der Waals surface area contributed by atoms with Gasteiger partial charge in [-0.25, -0.2) is 9.97 Å². The lowest BCUT2D eigenvalue weighted by atomic mass is 9.33. The van der Waals surface area contributed by atoms with Crippen molar-refractivity contribution < 1.29 is 0 Å². The topological polar surface area (TPSA) is 32.3 Å². The lowest BCUT2D eigenvalue weighted by molar-refractivity contribution is 0.568. The maximum Gasteiger partial charge on any atom is 0.252 e. The van der Waals surface area contributed by atoms with Crippen molar-refractivity contribution in [1.29, 1.82) is 0 Å². The quantitative estimate of drug-likeness (QED) is 0.130. The number of anilines is 6. The molecule has 0 saturated carbocycles. The first kappa shape index (κ1) is 47.0. The third-order valence-electron chi connectivity index (χ3n) is 16.4. The van der Waals surface area contributed by atoms with Crippen LogP contribution >= 0.6 is 0 Å². The fourth-order valence-corrected chi connectivity index (χ4v) is 12.1. The summed E-state index contributed by atoms with van der Waals surface area (Å²) in [4.78, 5) is 15.3. The van der Waals surface area contributed by atoms with Gasteiger partial charge in [-0.15, -0.1) is 0 Å². The van der Waals surface area contributed by atoms with Crippen molar-refractivity contribution in [2.24, 2.45) is 0 Å². The van der Waals surface area contributed by atoms with Gasteiger partial charge in [-0.05, 0) is 158 Å². The van der Waals surface area contributed by atoms with E-state index in [1.807, 2.05) is 0 Å². The van der Waals surface area contributed by atoms with Crippen LogP contribution in [0.4, 0.5) is 34.1 Å². The molecule has 0 N–H and O–H groups in total. The van der Waals surface area contributed by atoms with Crippen LogP contribution in [0, 0.1) is 0 Å². The molecule has 5 heteroatoms. The summed E-state index contributed by atoms with van der Waals surface area (Å²) in [5, 5.41) is 11.0. The second kappa shape index (κ2) is 16.4. The van der Waals surface area contributed by atoms with Crippen molar-refractivity contribution in [2.45, 2.75) is 105 Å². The molecular weight excluding hydrogens is 908 g/mol. The minimum atomic E-state index is -0.115. The Balaban J connectivity index is 1.24. The van der Waals surface area contributed by atoms with E-state index in [1.54, 1.807) is 6.33 Å². The molecule has 3 heterocycles. The zero-order valence-electron chi connectivity index (χ0n) is 45.6. The van der Waals surface area contributed by atoms with Crippen LogP contribution < -0.4 is 26.2 Å². The molecule has 1 aromatic heterocycles. The smallest absolute Gasteiger partial charge is 0.252 e. The van der Waals surface area contributed by atoms with E-state index in [0.29, 0.717) is 0 Å². The van der Waals surface area contributed by atoms with E-state index in [2.05, 4.69) is 263 Å². The van der Waals surface area contributed by atoms with Crippen LogP contribution in [-0.4, -0.2) is 16.7 Å². The van der Waals surface area contributed by atoms with Crippen molar-refractivity contribution in [1.82, 2.24) is 9.97 Å². The first-order valence-corrected chi connectivity index (χ1v) is 26.9. The highest BCUT2D eigenvalue weighted by molar-refractivity contribution is 7.00. The molecule has 2 aliphatic rings. The maximum atomic E-state index is 5.21. The molecule has 0 saturated heterocycles. The van der Waals surface area contributed by atoms with Gasteiger partial charge in [-0.1, -0.05) is 198 Å². The largest absolute Gasteiger partial charge is 0.311 e. The summed E-state index contributed by atoms with van der Waals surface area (Å²) in [6, 6.07) is 65.3. The molecule has 11 aromatic rings. The van der Waals surface area contributed by atoms with Crippen molar-refractivity contribution in [3.8, 4) is 11.3 Å². The molecule has 0 atom stereocenters. The Hall–Kier alpha value is -7.76. The summed E-state index contributed by atoms with van der Waals surface area (Å²) in [5.74, 6) is 0. The Kier molecular flexibility index (Phi) is 10.3. The lowest BCUT2D eigenvalue weighted by Crippen LogP contribution is -2.61.